The van der Waals surface area contributed by atoms with Crippen LogP contribution in [0.5, 0.6) is 11.5 Å². The number of hydrogen-bond acceptors (Lipinski definition) is 6. The summed E-state index contributed by atoms with van der Waals surface area (Å²) in [5.74, 6) is -0.170. The summed E-state index contributed by atoms with van der Waals surface area (Å²) in [5, 5.41) is 23.5. The van der Waals surface area contributed by atoms with Crippen molar-refractivity contribution in [3.05, 3.63) is 97.5 Å². The molecule has 34 heavy (non-hydrogen) atoms. The Morgan fingerprint density at radius 2 is 1.91 bits per heavy atom. The Balaban J connectivity index is 1.83. The third-order valence-electron chi connectivity index (χ3n) is 4.55. The monoisotopic (exact) mass is 497 g/mol. The van der Waals surface area contributed by atoms with Gasteiger partial charge in [0.1, 0.15) is 18.2 Å². The van der Waals surface area contributed by atoms with E-state index in [1.807, 2.05) is 6.07 Å². The lowest BCUT2D eigenvalue weighted by Gasteiger charge is -2.13. The van der Waals surface area contributed by atoms with E-state index in [0.29, 0.717) is 21.8 Å². The third-order valence-corrected chi connectivity index (χ3v) is 5.16. The number of carbonyl (C=O) groups excluding carboxylic acids is 1. The van der Waals surface area contributed by atoms with Gasteiger partial charge in [-0.05, 0) is 41.5 Å². The number of benzene rings is 3. The van der Waals surface area contributed by atoms with Gasteiger partial charge in [0.25, 0.3) is 11.6 Å². The highest BCUT2D eigenvalue weighted by atomic mass is 35.5. The van der Waals surface area contributed by atoms with Crippen LogP contribution in [0.2, 0.25) is 10.0 Å². The summed E-state index contributed by atoms with van der Waals surface area (Å²) in [4.78, 5) is 23.0. The van der Waals surface area contributed by atoms with E-state index in [1.54, 1.807) is 42.5 Å². The molecule has 0 heterocycles. The number of nitrogens with one attached hydrogen (secondary N) is 1. The van der Waals surface area contributed by atoms with Gasteiger partial charge in [0, 0.05) is 12.1 Å². The number of nitro groups is 1. The van der Waals surface area contributed by atoms with Gasteiger partial charge in [-0.25, -0.2) is 0 Å². The molecule has 0 radical (unpaired) electrons. The molecule has 0 spiro atoms. The van der Waals surface area contributed by atoms with Gasteiger partial charge in [-0.3, -0.25) is 14.9 Å². The second kappa shape index (κ2) is 11.2. The first-order chi connectivity index (χ1) is 16.3. The Labute approximate surface area is 205 Å². The first-order valence-electron chi connectivity index (χ1n) is 9.73. The minimum atomic E-state index is -0.642. The van der Waals surface area contributed by atoms with Crippen molar-refractivity contribution in [1.29, 1.82) is 5.26 Å². The molecule has 0 saturated carbocycles. The summed E-state index contributed by atoms with van der Waals surface area (Å²) in [6, 6.07) is 17.6. The number of halogens is 2. The minimum Gasteiger partial charge on any atom is -0.493 e. The summed E-state index contributed by atoms with van der Waals surface area (Å²) in [5.41, 5.74) is 1.13. The van der Waals surface area contributed by atoms with Gasteiger partial charge in [-0.15, -0.1) is 0 Å². The Bertz CT molecular complexity index is 1320. The molecule has 1 N–H and O–H groups in total. The molecule has 10 heteroatoms. The van der Waals surface area contributed by atoms with Gasteiger partial charge in [0.05, 0.1) is 27.8 Å². The SMILES string of the molecule is COc1cc(/C=C(\C#N)C(=O)Nc2ccccc2Cl)cc(Cl)c1OCc1cccc([N+](=O)[O-])c1. The first kappa shape index (κ1) is 24.6. The fraction of sp³-hybridized carbons (Fsp3) is 0.0833. The van der Waals surface area contributed by atoms with E-state index in [1.165, 1.54) is 31.4 Å². The maximum absolute atomic E-state index is 12.5. The van der Waals surface area contributed by atoms with Crippen LogP contribution in [0.3, 0.4) is 0 Å². The van der Waals surface area contributed by atoms with Gasteiger partial charge in [0.2, 0.25) is 0 Å². The number of hydrogen-bond donors (Lipinski definition) is 1. The standard InChI is InChI=1S/C24H17Cl2N3O5/c1-33-22-12-16(9-17(13-27)24(30)28-21-8-3-2-7-19(21)25)11-20(26)23(22)34-14-15-5-4-6-18(10-15)29(31)32/h2-12H,14H2,1H3,(H,28,30)/b17-9+. The number of amides is 1. The van der Waals surface area contributed by atoms with Crippen LogP contribution in [0.25, 0.3) is 6.08 Å². The summed E-state index contributed by atoms with van der Waals surface area (Å²) in [7, 11) is 1.41. The molecule has 0 unspecified atom stereocenters. The number of non-ortho nitro benzene ring substituents is 1. The van der Waals surface area contributed by atoms with Gasteiger partial charge >= 0.3 is 0 Å². The predicted octanol–water partition coefficient (Wildman–Crippen LogP) is 6.03. The number of nitriles is 1. The number of rotatable bonds is 8. The van der Waals surface area contributed by atoms with E-state index in [-0.39, 0.29) is 34.4 Å². The molecule has 3 aromatic rings. The predicted molar refractivity (Wildman–Crippen MR) is 129 cm³/mol. The van der Waals surface area contributed by atoms with Crippen LogP contribution in [0.4, 0.5) is 11.4 Å². The van der Waals surface area contributed by atoms with Crippen molar-refractivity contribution >= 4 is 46.6 Å². The fourth-order valence-electron chi connectivity index (χ4n) is 2.95. The minimum absolute atomic E-state index is 0.0105. The van der Waals surface area contributed by atoms with E-state index in [4.69, 9.17) is 32.7 Å². The maximum Gasteiger partial charge on any atom is 0.269 e. The number of nitrogens with zero attached hydrogens (tertiary/aromatic N) is 2. The zero-order valence-corrected chi connectivity index (χ0v) is 19.3. The zero-order chi connectivity index (χ0) is 24.7. The summed E-state index contributed by atoms with van der Waals surface area (Å²) < 4.78 is 11.1. The summed E-state index contributed by atoms with van der Waals surface area (Å²) >= 11 is 12.4. The van der Waals surface area contributed by atoms with Crippen LogP contribution in [0.15, 0.2) is 66.2 Å². The second-order valence-corrected chi connectivity index (χ2v) is 7.67. The van der Waals surface area contributed by atoms with Crippen molar-refractivity contribution in [2.45, 2.75) is 6.61 Å². The quantitative estimate of drug-likeness (QED) is 0.175. The lowest BCUT2D eigenvalue weighted by Crippen LogP contribution is -2.13. The Morgan fingerprint density at radius 1 is 1.15 bits per heavy atom. The lowest BCUT2D eigenvalue weighted by molar-refractivity contribution is -0.384. The van der Waals surface area contributed by atoms with Gasteiger partial charge in [-0.1, -0.05) is 47.5 Å². The number of anilines is 1. The van der Waals surface area contributed by atoms with Crippen LogP contribution >= 0.6 is 23.2 Å². The molecule has 1 amide bonds. The molecule has 172 valence electrons. The Morgan fingerprint density at radius 3 is 2.59 bits per heavy atom. The highest BCUT2D eigenvalue weighted by Crippen LogP contribution is 2.37. The smallest absolute Gasteiger partial charge is 0.269 e. The van der Waals surface area contributed by atoms with Crippen LogP contribution in [0.1, 0.15) is 11.1 Å². The third kappa shape index (κ3) is 6.04. The molecule has 3 rings (SSSR count). The van der Waals surface area contributed by atoms with Crippen molar-refractivity contribution in [2.75, 3.05) is 12.4 Å². The highest BCUT2D eigenvalue weighted by molar-refractivity contribution is 6.34. The second-order valence-electron chi connectivity index (χ2n) is 6.85. The molecule has 0 aromatic heterocycles. The van der Waals surface area contributed by atoms with Crippen LogP contribution in [0, 0.1) is 21.4 Å². The van der Waals surface area contributed by atoms with Crippen molar-refractivity contribution in [2.24, 2.45) is 0 Å². The summed E-state index contributed by atoms with van der Waals surface area (Å²) in [6.07, 6.45) is 1.35. The van der Waals surface area contributed by atoms with Crippen molar-refractivity contribution < 1.29 is 19.2 Å². The average Bonchev–Trinajstić information content (AvgIpc) is 2.83. The molecule has 8 nitrogen and oxygen atoms in total. The molecule has 0 aliphatic carbocycles. The normalized spacial score (nSPS) is 10.8. The molecule has 0 aliphatic heterocycles. The van der Waals surface area contributed by atoms with E-state index in [2.05, 4.69) is 5.32 Å². The van der Waals surface area contributed by atoms with E-state index in [9.17, 15) is 20.2 Å². The van der Waals surface area contributed by atoms with E-state index < -0.39 is 10.8 Å². The number of para-hydroxylation sites is 1. The molecule has 0 saturated heterocycles. The van der Waals surface area contributed by atoms with Gasteiger partial charge < -0.3 is 14.8 Å². The summed E-state index contributed by atoms with van der Waals surface area (Å²) in [6.45, 7) is 0.0105. The van der Waals surface area contributed by atoms with Crippen LogP contribution in [-0.4, -0.2) is 17.9 Å². The topological polar surface area (TPSA) is 114 Å². The zero-order valence-electron chi connectivity index (χ0n) is 17.7. The molecule has 0 atom stereocenters. The van der Waals surface area contributed by atoms with Crippen molar-refractivity contribution in [3.8, 4) is 17.6 Å². The number of nitro benzene ring substituents is 1. The van der Waals surface area contributed by atoms with Gasteiger partial charge in [-0.2, -0.15) is 5.26 Å². The Hall–Kier alpha value is -4.06. The molecular formula is C24H17Cl2N3O5. The highest BCUT2D eigenvalue weighted by Gasteiger charge is 2.16. The van der Waals surface area contributed by atoms with Gasteiger partial charge in [0.15, 0.2) is 11.5 Å². The van der Waals surface area contributed by atoms with Crippen LogP contribution in [-0.2, 0) is 11.4 Å². The lowest BCUT2D eigenvalue weighted by atomic mass is 10.1. The van der Waals surface area contributed by atoms with E-state index in [0.717, 1.165) is 0 Å². The number of methoxy groups -OCH3 is 1. The molecular weight excluding hydrogens is 481 g/mol. The van der Waals surface area contributed by atoms with E-state index >= 15 is 0 Å². The van der Waals surface area contributed by atoms with Crippen molar-refractivity contribution in [3.63, 3.8) is 0 Å². The number of ether oxygens (including phenoxy) is 2. The first-order valence-corrected chi connectivity index (χ1v) is 10.5. The molecule has 0 bridgehead atoms. The fourth-order valence-corrected chi connectivity index (χ4v) is 3.40. The molecule has 3 aromatic carbocycles. The number of carbonyl (C=O) groups is 1. The average molecular weight is 498 g/mol. The largest absolute Gasteiger partial charge is 0.493 e. The molecule has 0 aliphatic rings. The maximum atomic E-state index is 12.5. The Kier molecular flexibility index (Phi) is 8.09. The van der Waals surface area contributed by atoms with Crippen molar-refractivity contribution in [1.82, 2.24) is 0 Å². The molecule has 0 fully saturated rings. The van der Waals surface area contributed by atoms with Crippen LogP contribution < -0.4 is 14.8 Å².